The van der Waals surface area contributed by atoms with Gasteiger partial charge in [0.25, 0.3) is 0 Å². The van der Waals surface area contributed by atoms with E-state index in [2.05, 4.69) is 31.2 Å². The molecule has 20 heavy (non-hydrogen) atoms. The zero-order valence-electron chi connectivity index (χ0n) is 10.6. The lowest BCUT2D eigenvalue weighted by molar-refractivity contribution is 0.496. The number of aromatic nitrogens is 2. The Morgan fingerprint density at radius 3 is 2.45 bits per heavy atom. The lowest BCUT2D eigenvalue weighted by atomic mass is 10.2. The van der Waals surface area contributed by atoms with E-state index >= 15 is 0 Å². The summed E-state index contributed by atoms with van der Waals surface area (Å²) in [6.07, 6.45) is 1.52. The first-order chi connectivity index (χ1) is 9.49. The van der Waals surface area contributed by atoms with Crippen LogP contribution in [0.3, 0.4) is 0 Å². The van der Waals surface area contributed by atoms with E-state index in [0.29, 0.717) is 28.7 Å². The Morgan fingerprint density at radius 2 is 1.75 bits per heavy atom. The highest BCUT2D eigenvalue weighted by Gasteiger charge is 2.11. The quantitative estimate of drug-likeness (QED) is 0.661. The number of hydrogen-bond acceptors (Lipinski definition) is 3. The van der Waals surface area contributed by atoms with Crippen LogP contribution in [-0.2, 0) is 6.42 Å². The fraction of sp³-hybridized carbons (Fsp3) is 0.231. The van der Waals surface area contributed by atoms with Crippen molar-refractivity contribution in [1.29, 1.82) is 0 Å². The summed E-state index contributed by atoms with van der Waals surface area (Å²) in [5.74, 6) is -2.37. The predicted molar refractivity (Wildman–Crippen MR) is 73.3 cm³/mol. The van der Waals surface area contributed by atoms with Gasteiger partial charge in [-0.15, -0.1) is 0 Å². The maximum atomic E-state index is 13.5. The third kappa shape index (κ3) is 3.47. The molecule has 0 saturated carbocycles. The van der Waals surface area contributed by atoms with Crippen LogP contribution in [0.25, 0.3) is 0 Å². The summed E-state index contributed by atoms with van der Waals surface area (Å²) in [5.41, 5.74) is -0.183. The number of aryl methyl sites for hydroxylation is 1. The molecule has 3 nitrogen and oxygen atoms in total. The average Bonchev–Trinajstić information content (AvgIpc) is 2.35. The van der Waals surface area contributed by atoms with E-state index in [-0.39, 0.29) is 5.69 Å². The van der Waals surface area contributed by atoms with E-state index < -0.39 is 17.5 Å². The number of hydrogen-bond donors (Lipinski definition) is 1. The summed E-state index contributed by atoms with van der Waals surface area (Å²) in [6.45, 7) is 1.98. The zero-order valence-corrected chi connectivity index (χ0v) is 12.1. The van der Waals surface area contributed by atoms with E-state index in [0.717, 1.165) is 12.5 Å². The molecule has 1 N–H and O–H groups in total. The Kier molecular flexibility index (Phi) is 4.59. The third-order valence-corrected chi connectivity index (χ3v) is 2.89. The van der Waals surface area contributed by atoms with E-state index in [1.807, 2.05) is 6.92 Å². The molecule has 2 aromatic rings. The summed E-state index contributed by atoms with van der Waals surface area (Å²) in [6, 6.07) is 2.76. The standard InChI is InChI=1S/C13H11BrF3N3/c1-2-3-12-19-11(14)6-13(20-12)18-10-5-8(16)7(15)4-9(10)17/h4-6H,2-3H2,1H3,(H,18,19,20). The first kappa shape index (κ1) is 14.8. The summed E-state index contributed by atoms with van der Waals surface area (Å²) in [5, 5.41) is 2.62. The van der Waals surface area contributed by atoms with Gasteiger partial charge in [-0.05, 0) is 22.4 Å². The second kappa shape index (κ2) is 6.21. The molecule has 1 heterocycles. The van der Waals surface area contributed by atoms with Crippen LogP contribution < -0.4 is 5.32 Å². The molecular formula is C13H11BrF3N3. The molecule has 0 fully saturated rings. The van der Waals surface area contributed by atoms with Crippen molar-refractivity contribution in [2.24, 2.45) is 0 Å². The number of nitrogens with one attached hydrogen (secondary N) is 1. The average molecular weight is 346 g/mol. The number of rotatable bonds is 4. The van der Waals surface area contributed by atoms with Crippen molar-refractivity contribution in [3.8, 4) is 0 Å². The smallest absolute Gasteiger partial charge is 0.161 e. The highest BCUT2D eigenvalue weighted by Crippen LogP contribution is 2.23. The number of halogens is 4. The summed E-state index contributed by atoms with van der Waals surface area (Å²) < 4.78 is 40.0. The Labute approximate surface area is 122 Å². The molecule has 0 atom stereocenters. The van der Waals surface area contributed by atoms with Crippen LogP contribution in [0.5, 0.6) is 0 Å². The minimum atomic E-state index is -1.23. The highest BCUT2D eigenvalue weighted by atomic mass is 79.9. The van der Waals surface area contributed by atoms with Gasteiger partial charge in [-0.25, -0.2) is 23.1 Å². The van der Waals surface area contributed by atoms with Gasteiger partial charge < -0.3 is 5.32 Å². The lowest BCUT2D eigenvalue weighted by Crippen LogP contribution is -2.02. The van der Waals surface area contributed by atoms with Crippen LogP contribution >= 0.6 is 15.9 Å². The van der Waals surface area contributed by atoms with Crippen molar-refractivity contribution in [3.05, 3.63) is 46.1 Å². The highest BCUT2D eigenvalue weighted by molar-refractivity contribution is 9.10. The molecule has 7 heteroatoms. The van der Waals surface area contributed by atoms with Gasteiger partial charge in [0.05, 0.1) is 5.69 Å². The van der Waals surface area contributed by atoms with Gasteiger partial charge in [0.1, 0.15) is 22.1 Å². The second-order valence-corrected chi connectivity index (χ2v) is 4.93. The molecule has 2 rings (SSSR count). The molecule has 0 aliphatic carbocycles. The van der Waals surface area contributed by atoms with Crippen molar-refractivity contribution in [3.63, 3.8) is 0 Å². The van der Waals surface area contributed by atoms with Gasteiger partial charge in [-0.2, -0.15) is 0 Å². The molecule has 0 aliphatic heterocycles. The molecule has 1 aromatic heterocycles. The molecule has 106 valence electrons. The normalized spacial score (nSPS) is 10.7. The van der Waals surface area contributed by atoms with Crippen molar-refractivity contribution >= 4 is 27.4 Å². The van der Waals surface area contributed by atoms with Crippen molar-refractivity contribution in [1.82, 2.24) is 9.97 Å². The fourth-order valence-electron chi connectivity index (χ4n) is 1.62. The van der Waals surface area contributed by atoms with Crippen molar-refractivity contribution < 1.29 is 13.2 Å². The van der Waals surface area contributed by atoms with Gasteiger partial charge in [-0.3, -0.25) is 0 Å². The lowest BCUT2D eigenvalue weighted by Gasteiger charge is -2.09. The van der Waals surface area contributed by atoms with E-state index in [4.69, 9.17) is 0 Å². The van der Waals surface area contributed by atoms with Gasteiger partial charge in [0.2, 0.25) is 0 Å². The molecule has 1 aromatic carbocycles. The molecule has 0 spiro atoms. The molecule has 0 amide bonds. The van der Waals surface area contributed by atoms with Crippen molar-refractivity contribution in [2.45, 2.75) is 19.8 Å². The number of benzene rings is 1. The minimum absolute atomic E-state index is 0.183. The van der Waals surface area contributed by atoms with Gasteiger partial charge >= 0.3 is 0 Å². The van der Waals surface area contributed by atoms with Crippen LogP contribution in [0.2, 0.25) is 0 Å². The molecule has 0 bridgehead atoms. The first-order valence-electron chi connectivity index (χ1n) is 5.94. The van der Waals surface area contributed by atoms with E-state index in [1.165, 1.54) is 6.07 Å². The van der Waals surface area contributed by atoms with Gasteiger partial charge in [-0.1, -0.05) is 6.92 Å². The Morgan fingerprint density at radius 1 is 1.05 bits per heavy atom. The number of anilines is 2. The molecule has 0 unspecified atom stereocenters. The minimum Gasteiger partial charge on any atom is -0.338 e. The van der Waals surface area contributed by atoms with Crippen LogP contribution in [0.1, 0.15) is 19.2 Å². The second-order valence-electron chi connectivity index (χ2n) is 4.11. The van der Waals surface area contributed by atoms with Gasteiger partial charge in [0, 0.05) is 24.6 Å². The maximum absolute atomic E-state index is 13.5. The Balaban J connectivity index is 2.32. The monoisotopic (exact) mass is 345 g/mol. The van der Waals surface area contributed by atoms with E-state index in [1.54, 1.807) is 0 Å². The van der Waals surface area contributed by atoms with Crippen LogP contribution in [0.4, 0.5) is 24.7 Å². The first-order valence-corrected chi connectivity index (χ1v) is 6.74. The largest absolute Gasteiger partial charge is 0.338 e. The topological polar surface area (TPSA) is 37.8 Å². The summed E-state index contributed by atoms with van der Waals surface area (Å²) >= 11 is 3.22. The fourth-order valence-corrected chi connectivity index (χ4v) is 2.04. The molecule has 0 aliphatic rings. The molecule has 0 radical (unpaired) electrons. The van der Waals surface area contributed by atoms with Crippen LogP contribution in [0, 0.1) is 17.5 Å². The molecular weight excluding hydrogens is 335 g/mol. The summed E-state index contributed by atoms with van der Waals surface area (Å²) in [7, 11) is 0. The van der Waals surface area contributed by atoms with Crippen molar-refractivity contribution in [2.75, 3.05) is 5.32 Å². The van der Waals surface area contributed by atoms with Crippen LogP contribution in [0.15, 0.2) is 22.8 Å². The SMILES string of the molecule is CCCc1nc(Br)cc(Nc2cc(F)c(F)cc2F)n1. The molecule has 0 saturated heterocycles. The maximum Gasteiger partial charge on any atom is 0.161 e. The Hall–Kier alpha value is -1.63. The Bertz CT molecular complexity index is 634. The summed E-state index contributed by atoms with van der Waals surface area (Å²) in [4.78, 5) is 8.33. The van der Waals surface area contributed by atoms with E-state index in [9.17, 15) is 13.2 Å². The van der Waals surface area contributed by atoms with Crippen LogP contribution in [-0.4, -0.2) is 9.97 Å². The third-order valence-electron chi connectivity index (χ3n) is 2.49. The van der Waals surface area contributed by atoms with Gasteiger partial charge in [0.15, 0.2) is 11.6 Å². The number of nitrogens with zero attached hydrogens (tertiary/aromatic N) is 2. The zero-order chi connectivity index (χ0) is 14.7. The predicted octanol–water partition coefficient (Wildman–Crippen LogP) is 4.35.